The van der Waals surface area contributed by atoms with Gasteiger partial charge in [-0.15, -0.1) is 12.4 Å². The molecule has 0 aliphatic heterocycles. The molecule has 1 saturated carbocycles. The van der Waals surface area contributed by atoms with Gasteiger partial charge in [-0.3, -0.25) is 4.79 Å². The average molecular weight is 396 g/mol. The van der Waals surface area contributed by atoms with Crippen LogP contribution in [0.2, 0.25) is 10.0 Å². The van der Waals surface area contributed by atoms with Crippen LogP contribution in [0.1, 0.15) is 45.7 Å². The minimum absolute atomic E-state index is 0. The van der Waals surface area contributed by atoms with E-state index >= 15 is 0 Å². The van der Waals surface area contributed by atoms with E-state index in [4.69, 9.17) is 33.7 Å². The summed E-state index contributed by atoms with van der Waals surface area (Å²) in [6.07, 6.45) is 0.503. The van der Waals surface area contributed by atoms with Crippen molar-refractivity contribution in [3.05, 3.63) is 33.8 Å². The van der Waals surface area contributed by atoms with Gasteiger partial charge < -0.3 is 15.8 Å². The molecule has 0 bridgehead atoms. The molecule has 0 heterocycles. The predicted molar refractivity (Wildman–Crippen MR) is 101 cm³/mol. The van der Waals surface area contributed by atoms with Crippen molar-refractivity contribution in [2.24, 2.45) is 11.1 Å². The lowest BCUT2D eigenvalue weighted by molar-refractivity contribution is -0.171. The van der Waals surface area contributed by atoms with Crippen LogP contribution in [0.4, 0.5) is 0 Å². The highest BCUT2D eigenvalue weighted by atomic mass is 35.5. The van der Waals surface area contributed by atoms with Gasteiger partial charge in [0.15, 0.2) is 0 Å². The number of hydrogen-bond donors (Lipinski definition) is 2. The third-order valence-corrected chi connectivity index (χ3v) is 5.86. The standard InChI is InChI=1S/C17H24Cl2N2O2.ClH/c1-5-23-13-9-17(20,16(13,3)4)15(22)21-10(2)11-7-6-8-12(18)14(11)19;/h6-8,10,13H,5,9,20H2,1-4H3,(H,21,22);1H. The molecule has 1 aliphatic rings. The average Bonchev–Trinajstić information content (AvgIpc) is 2.49. The third kappa shape index (κ3) is 3.54. The Bertz CT molecular complexity index is 609. The van der Waals surface area contributed by atoms with Crippen molar-refractivity contribution in [2.75, 3.05) is 6.61 Å². The first-order valence-electron chi connectivity index (χ1n) is 7.80. The Labute approximate surface area is 159 Å². The molecule has 1 amide bonds. The van der Waals surface area contributed by atoms with E-state index in [1.807, 2.05) is 39.8 Å². The fourth-order valence-corrected chi connectivity index (χ4v) is 3.55. The van der Waals surface area contributed by atoms with Crippen LogP contribution in [0.5, 0.6) is 0 Å². The van der Waals surface area contributed by atoms with Crippen LogP contribution in [0.25, 0.3) is 0 Å². The van der Waals surface area contributed by atoms with Gasteiger partial charge in [-0.05, 0) is 25.5 Å². The molecule has 2 rings (SSSR count). The molecule has 1 aromatic carbocycles. The molecule has 136 valence electrons. The van der Waals surface area contributed by atoms with Gasteiger partial charge in [0.05, 0.1) is 22.2 Å². The highest BCUT2D eigenvalue weighted by molar-refractivity contribution is 6.42. The van der Waals surface area contributed by atoms with Crippen molar-refractivity contribution in [3.63, 3.8) is 0 Å². The van der Waals surface area contributed by atoms with E-state index in [9.17, 15) is 4.79 Å². The zero-order valence-corrected chi connectivity index (χ0v) is 16.7. The summed E-state index contributed by atoms with van der Waals surface area (Å²) in [4.78, 5) is 12.7. The summed E-state index contributed by atoms with van der Waals surface area (Å²) in [6.45, 7) is 8.35. The van der Waals surface area contributed by atoms with Crippen LogP contribution < -0.4 is 11.1 Å². The van der Waals surface area contributed by atoms with Gasteiger partial charge in [-0.1, -0.05) is 49.2 Å². The van der Waals surface area contributed by atoms with Crippen LogP contribution >= 0.6 is 35.6 Å². The summed E-state index contributed by atoms with van der Waals surface area (Å²) in [5, 5.41) is 3.88. The largest absolute Gasteiger partial charge is 0.378 e. The third-order valence-electron chi connectivity index (χ3n) is 5.03. The summed E-state index contributed by atoms with van der Waals surface area (Å²) in [7, 11) is 0. The summed E-state index contributed by atoms with van der Waals surface area (Å²) in [6, 6.07) is 5.09. The molecular weight excluding hydrogens is 371 g/mol. The van der Waals surface area contributed by atoms with Crippen LogP contribution in [0, 0.1) is 5.41 Å². The molecule has 4 nitrogen and oxygen atoms in total. The number of halogens is 3. The second-order valence-electron chi connectivity index (χ2n) is 6.68. The van der Waals surface area contributed by atoms with Gasteiger partial charge in [-0.25, -0.2) is 0 Å². The summed E-state index contributed by atoms with van der Waals surface area (Å²) >= 11 is 12.3. The second kappa shape index (κ2) is 7.79. The zero-order valence-electron chi connectivity index (χ0n) is 14.4. The number of nitrogens with two attached hydrogens (primary N) is 1. The minimum atomic E-state index is -0.952. The van der Waals surface area contributed by atoms with E-state index < -0.39 is 11.0 Å². The molecule has 0 radical (unpaired) electrons. The van der Waals surface area contributed by atoms with Gasteiger partial charge in [0.1, 0.15) is 5.54 Å². The monoisotopic (exact) mass is 394 g/mol. The van der Waals surface area contributed by atoms with Gasteiger partial charge in [-0.2, -0.15) is 0 Å². The van der Waals surface area contributed by atoms with Gasteiger partial charge >= 0.3 is 0 Å². The molecular formula is C17H25Cl3N2O2. The number of carbonyl (C=O) groups is 1. The van der Waals surface area contributed by atoms with Crippen molar-refractivity contribution < 1.29 is 9.53 Å². The smallest absolute Gasteiger partial charge is 0.241 e. The van der Waals surface area contributed by atoms with E-state index in [0.717, 1.165) is 5.56 Å². The second-order valence-corrected chi connectivity index (χ2v) is 7.46. The number of hydrogen-bond acceptors (Lipinski definition) is 3. The minimum Gasteiger partial charge on any atom is -0.378 e. The van der Waals surface area contributed by atoms with Crippen molar-refractivity contribution in [2.45, 2.75) is 51.8 Å². The number of rotatable bonds is 5. The first-order valence-corrected chi connectivity index (χ1v) is 8.56. The number of ether oxygens (including phenoxy) is 1. The van der Waals surface area contributed by atoms with Crippen molar-refractivity contribution in [1.82, 2.24) is 5.32 Å². The summed E-state index contributed by atoms with van der Waals surface area (Å²) in [5.41, 5.74) is 5.78. The quantitative estimate of drug-likeness (QED) is 0.788. The Balaban J connectivity index is 0.00000288. The van der Waals surface area contributed by atoms with Crippen molar-refractivity contribution in [3.8, 4) is 0 Å². The lowest BCUT2D eigenvalue weighted by Crippen LogP contribution is -2.75. The van der Waals surface area contributed by atoms with Gasteiger partial charge in [0, 0.05) is 18.4 Å². The summed E-state index contributed by atoms with van der Waals surface area (Å²) < 4.78 is 5.66. The fraction of sp³-hybridized carbons (Fsp3) is 0.588. The normalized spacial score (nSPS) is 26.0. The van der Waals surface area contributed by atoms with Crippen LogP contribution in [-0.4, -0.2) is 24.2 Å². The molecule has 3 atom stereocenters. The summed E-state index contributed by atoms with van der Waals surface area (Å²) in [5.74, 6) is -0.193. The highest BCUT2D eigenvalue weighted by Gasteiger charge is 2.62. The molecule has 1 aliphatic carbocycles. The van der Waals surface area contributed by atoms with Gasteiger partial charge in [0.25, 0.3) is 0 Å². The Kier molecular flexibility index (Phi) is 6.99. The Morgan fingerprint density at radius 1 is 1.46 bits per heavy atom. The molecule has 3 N–H and O–H groups in total. The van der Waals surface area contributed by atoms with E-state index in [-0.39, 0.29) is 30.5 Å². The Morgan fingerprint density at radius 2 is 2.08 bits per heavy atom. The molecule has 0 spiro atoms. The molecule has 24 heavy (non-hydrogen) atoms. The molecule has 3 unspecified atom stereocenters. The molecule has 1 aromatic rings. The first kappa shape index (κ1) is 21.5. The van der Waals surface area contributed by atoms with Crippen LogP contribution in [-0.2, 0) is 9.53 Å². The SMILES string of the molecule is CCOC1CC(N)(C(=O)NC(C)c2cccc(Cl)c2Cl)C1(C)C.Cl. The Morgan fingerprint density at radius 3 is 2.62 bits per heavy atom. The van der Waals surface area contributed by atoms with E-state index in [0.29, 0.717) is 23.1 Å². The topological polar surface area (TPSA) is 64.3 Å². The lowest BCUT2D eigenvalue weighted by Gasteiger charge is -2.57. The van der Waals surface area contributed by atoms with E-state index in [1.54, 1.807) is 6.07 Å². The zero-order chi connectivity index (χ0) is 17.4. The number of amides is 1. The number of benzene rings is 1. The highest BCUT2D eigenvalue weighted by Crippen LogP contribution is 2.50. The van der Waals surface area contributed by atoms with E-state index in [2.05, 4.69) is 5.32 Å². The number of carbonyl (C=O) groups excluding carboxylic acids is 1. The molecule has 1 fully saturated rings. The molecule has 7 heteroatoms. The molecule has 0 saturated heterocycles. The van der Waals surface area contributed by atoms with E-state index in [1.165, 1.54) is 0 Å². The number of nitrogens with one attached hydrogen (secondary N) is 1. The van der Waals surface area contributed by atoms with Crippen molar-refractivity contribution >= 4 is 41.5 Å². The van der Waals surface area contributed by atoms with Gasteiger partial charge in [0.2, 0.25) is 5.91 Å². The lowest BCUT2D eigenvalue weighted by atomic mass is 9.54. The van der Waals surface area contributed by atoms with Crippen LogP contribution in [0.15, 0.2) is 18.2 Å². The fourth-order valence-electron chi connectivity index (χ4n) is 3.08. The maximum absolute atomic E-state index is 12.7. The molecule has 0 aromatic heterocycles. The maximum Gasteiger partial charge on any atom is 0.241 e. The van der Waals surface area contributed by atoms with Crippen molar-refractivity contribution in [1.29, 1.82) is 0 Å². The van der Waals surface area contributed by atoms with Crippen LogP contribution in [0.3, 0.4) is 0 Å². The predicted octanol–water partition coefficient (Wildman–Crippen LogP) is 4.12. The Hall–Kier alpha value is -0.520. The first-order chi connectivity index (χ1) is 10.6. The maximum atomic E-state index is 12.7.